The fraction of sp³-hybridized carbons (Fsp3) is 0.800. The molecule has 0 spiro atoms. The van der Waals surface area contributed by atoms with E-state index in [1.54, 1.807) is 11.8 Å². The van der Waals surface area contributed by atoms with Crippen molar-refractivity contribution in [3.05, 3.63) is 0 Å². The third kappa shape index (κ3) is 9.73. The van der Waals surface area contributed by atoms with Crippen molar-refractivity contribution in [2.75, 3.05) is 18.6 Å². The summed E-state index contributed by atoms with van der Waals surface area (Å²) in [7, 11) is 0. The number of aliphatic carboxylic acids is 2. The number of hydrogen-bond donors (Lipinski definition) is 4. The van der Waals surface area contributed by atoms with Crippen LogP contribution in [-0.4, -0.2) is 52.8 Å². The average Bonchev–Trinajstić information content (AvgIpc) is 2.80. The summed E-state index contributed by atoms with van der Waals surface area (Å²) in [6.07, 6.45) is 4.26. The van der Waals surface area contributed by atoms with Crippen molar-refractivity contribution < 1.29 is 36.9 Å². The summed E-state index contributed by atoms with van der Waals surface area (Å²) in [5.41, 5.74) is 5.19. The molecule has 111 valence electrons. The molecule has 18 heavy (non-hydrogen) atoms. The predicted octanol–water partition coefficient (Wildman–Crippen LogP) is -0.296. The number of rotatable bonds is 5. The molecule has 0 saturated carbocycles. The fourth-order valence-corrected chi connectivity index (χ4v) is 1.75. The van der Waals surface area contributed by atoms with E-state index < -0.39 is 18.0 Å². The number of carbonyl (C=O) groups is 2. The van der Waals surface area contributed by atoms with Crippen molar-refractivity contribution >= 4 is 23.7 Å². The van der Waals surface area contributed by atoms with Crippen LogP contribution in [0.3, 0.4) is 0 Å². The van der Waals surface area contributed by atoms with Crippen molar-refractivity contribution in [3.8, 4) is 0 Å². The molecule has 0 amide bonds. The molecule has 1 saturated heterocycles. The zero-order valence-electron chi connectivity index (χ0n) is 10.2. The maximum atomic E-state index is 10.1. The van der Waals surface area contributed by atoms with Crippen LogP contribution < -0.4 is 11.1 Å². The number of nitrogens with one attached hydrogen (secondary N) is 1. The van der Waals surface area contributed by atoms with Gasteiger partial charge >= 0.3 is 29.0 Å². The summed E-state index contributed by atoms with van der Waals surface area (Å²) in [5, 5.41) is 19.5. The molecule has 0 radical (unpaired) electrons. The Bertz CT molecular complexity index is 250. The summed E-state index contributed by atoms with van der Waals surface area (Å²) < 4.78 is 0. The van der Waals surface area contributed by atoms with Gasteiger partial charge in [0.1, 0.15) is 12.1 Å². The van der Waals surface area contributed by atoms with Crippen molar-refractivity contribution in [2.45, 2.75) is 31.3 Å². The number of carboxylic acid groups (broad SMARTS) is 2. The quantitative estimate of drug-likeness (QED) is 0.513. The van der Waals surface area contributed by atoms with Gasteiger partial charge in [-0.3, -0.25) is 9.59 Å². The van der Waals surface area contributed by atoms with Crippen molar-refractivity contribution in [1.82, 2.24) is 5.32 Å². The van der Waals surface area contributed by atoms with Gasteiger partial charge in [-0.2, -0.15) is 11.8 Å². The van der Waals surface area contributed by atoms with Gasteiger partial charge in [-0.05, 0) is 37.8 Å². The molecule has 0 unspecified atom stereocenters. The zero-order valence-corrected chi connectivity index (χ0v) is 12.0. The van der Waals surface area contributed by atoms with E-state index in [0.717, 1.165) is 25.1 Å². The SMILES string of the molecule is CSCC[C@H](N)C(=O)O.O=C(O)[C@@H]1CCCN1.[CuH+]. The number of thioether (sulfide) groups is 1. The summed E-state index contributed by atoms with van der Waals surface area (Å²) in [6, 6.07) is -0.951. The molecule has 8 heteroatoms. The first-order valence-electron chi connectivity index (χ1n) is 5.42. The maximum absolute atomic E-state index is 10.1. The Hall–Kier alpha value is -0.271. The minimum absolute atomic E-state index is 0. The van der Waals surface area contributed by atoms with Gasteiger partial charge in [0, 0.05) is 0 Å². The molecule has 0 aromatic heterocycles. The van der Waals surface area contributed by atoms with E-state index >= 15 is 0 Å². The molecule has 0 aliphatic carbocycles. The molecule has 5 N–H and O–H groups in total. The van der Waals surface area contributed by atoms with E-state index in [1.165, 1.54) is 0 Å². The van der Waals surface area contributed by atoms with Crippen LogP contribution in [0.2, 0.25) is 0 Å². The molecule has 1 rings (SSSR count). The van der Waals surface area contributed by atoms with Gasteiger partial charge in [0.25, 0.3) is 0 Å². The van der Waals surface area contributed by atoms with Gasteiger partial charge in [-0.25, -0.2) is 0 Å². The molecule has 2 atom stereocenters. The summed E-state index contributed by atoms with van der Waals surface area (Å²) in [4.78, 5) is 20.2. The van der Waals surface area contributed by atoms with E-state index in [2.05, 4.69) is 5.32 Å². The third-order valence-electron chi connectivity index (χ3n) is 2.31. The monoisotopic (exact) mass is 328 g/mol. The van der Waals surface area contributed by atoms with E-state index in [0.29, 0.717) is 6.42 Å². The Kier molecular flexibility index (Phi) is 13.1. The Morgan fingerprint density at radius 2 is 2.11 bits per heavy atom. The van der Waals surface area contributed by atoms with Crippen molar-refractivity contribution in [2.24, 2.45) is 5.73 Å². The summed E-state index contributed by atoms with van der Waals surface area (Å²) in [6.45, 7) is 0.858. The second-order valence-electron chi connectivity index (χ2n) is 3.71. The molecule has 0 aromatic carbocycles. The van der Waals surface area contributed by atoms with Crippen LogP contribution in [0.15, 0.2) is 0 Å². The van der Waals surface area contributed by atoms with Crippen molar-refractivity contribution in [1.29, 1.82) is 0 Å². The zero-order chi connectivity index (χ0) is 13.3. The molecule has 1 fully saturated rings. The van der Waals surface area contributed by atoms with Crippen molar-refractivity contribution in [3.63, 3.8) is 0 Å². The predicted molar refractivity (Wildman–Crippen MR) is 68.7 cm³/mol. The topological polar surface area (TPSA) is 113 Å². The Labute approximate surface area is 122 Å². The Morgan fingerprint density at radius 1 is 1.50 bits per heavy atom. The van der Waals surface area contributed by atoms with Gasteiger partial charge in [0.2, 0.25) is 0 Å². The molecule has 0 aromatic rings. The number of carboxylic acids is 2. The van der Waals surface area contributed by atoms with Gasteiger partial charge in [0.05, 0.1) is 0 Å². The van der Waals surface area contributed by atoms with E-state index in [-0.39, 0.29) is 23.1 Å². The first-order chi connectivity index (χ1) is 7.99. The average molecular weight is 329 g/mol. The first-order valence-corrected chi connectivity index (χ1v) is 6.82. The molecule has 6 nitrogen and oxygen atoms in total. The van der Waals surface area contributed by atoms with Crippen LogP contribution in [0, 0.1) is 0 Å². The second kappa shape index (κ2) is 11.8. The number of hydrogen-bond acceptors (Lipinski definition) is 5. The summed E-state index contributed by atoms with van der Waals surface area (Å²) >= 11 is 1.60. The van der Waals surface area contributed by atoms with Crippen LogP contribution in [0.1, 0.15) is 19.3 Å². The van der Waals surface area contributed by atoms with E-state index in [9.17, 15) is 9.59 Å². The van der Waals surface area contributed by atoms with Crippen LogP contribution in [0.5, 0.6) is 0 Å². The van der Waals surface area contributed by atoms with Gasteiger partial charge < -0.3 is 21.3 Å². The van der Waals surface area contributed by atoms with Crippen LogP contribution in [0.25, 0.3) is 0 Å². The van der Waals surface area contributed by atoms with Crippen LogP contribution in [-0.2, 0) is 26.7 Å². The standard InChI is InChI=1S/C5H11NO2S.C5H9NO2.Cu.H/c1-9-3-2-4(6)5(7)8;7-5(8)4-2-1-3-6-4;;/h4H,2-3,6H2,1H3,(H,7,8);4,6H,1-3H2,(H,7,8);;/q;;+1;/t2*4-;;/m00../s1. The Morgan fingerprint density at radius 3 is 2.39 bits per heavy atom. The summed E-state index contributed by atoms with van der Waals surface area (Å²) in [5.74, 6) is -0.820. The van der Waals surface area contributed by atoms with Gasteiger partial charge in [0.15, 0.2) is 0 Å². The normalized spacial score (nSPS) is 19.1. The van der Waals surface area contributed by atoms with E-state index in [4.69, 9.17) is 15.9 Å². The van der Waals surface area contributed by atoms with E-state index in [1.807, 2.05) is 6.26 Å². The molecule has 1 aliphatic heterocycles. The van der Waals surface area contributed by atoms with Gasteiger partial charge in [-0.1, -0.05) is 0 Å². The molecule has 1 heterocycles. The molecule has 0 bridgehead atoms. The van der Waals surface area contributed by atoms with Crippen LogP contribution in [0.4, 0.5) is 0 Å². The molecular weight excluding hydrogens is 308 g/mol. The number of nitrogens with two attached hydrogens (primary N) is 1. The second-order valence-corrected chi connectivity index (χ2v) is 4.70. The third-order valence-corrected chi connectivity index (χ3v) is 2.95. The van der Waals surface area contributed by atoms with Crippen LogP contribution >= 0.6 is 11.8 Å². The fourth-order valence-electron chi connectivity index (χ4n) is 1.26. The molecule has 1 aliphatic rings. The van der Waals surface area contributed by atoms with Gasteiger partial charge in [-0.15, -0.1) is 0 Å². The first kappa shape index (κ1) is 20.1. The minimum atomic E-state index is -0.913. The molecular formula is C10H21CuN2O4S+. The Balaban J connectivity index is 0.